The second kappa shape index (κ2) is 25.7. The monoisotopic (exact) mass is 1200 g/mol. The molecule has 2 aliphatic heterocycles. The van der Waals surface area contributed by atoms with Crippen LogP contribution in [0.5, 0.6) is 0 Å². The molecule has 0 radical (unpaired) electrons. The Bertz CT molecular complexity index is 4420. The summed E-state index contributed by atoms with van der Waals surface area (Å²) in [6.45, 7) is 0. The topological polar surface area (TPSA) is 131 Å². The van der Waals surface area contributed by atoms with E-state index in [4.69, 9.17) is 20.4 Å². The van der Waals surface area contributed by atoms with Gasteiger partial charge in [-0.3, -0.25) is 15.3 Å². The molecule has 1 spiro atoms. The van der Waals surface area contributed by atoms with Crippen LogP contribution >= 0.6 is 7.51 Å². The maximum absolute atomic E-state index is 14.9. The van der Waals surface area contributed by atoms with Crippen molar-refractivity contribution in [2.75, 3.05) is 43.7 Å². The predicted octanol–water partition coefficient (Wildman–Crippen LogP) is 14.4. The molecule has 86 heavy (non-hydrogen) atoms. The zero-order chi connectivity index (χ0) is 60.2. The fourth-order valence-electron chi connectivity index (χ4n) is 11.6. The molecule has 0 saturated carbocycles. The van der Waals surface area contributed by atoms with Crippen LogP contribution in [-0.4, -0.2) is 48.9 Å². The van der Waals surface area contributed by atoms with Crippen LogP contribution in [0.4, 0.5) is 49.1 Å². The Labute approximate surface area is 499 Å². The minimum atomic E-state index is -4.63. The van der Waals surface area contributed by atoms with Crippen LogP contribution in [0, 0.1) is 0 Å². The molecule has 0 aliphatic carbocycles. The number of hydrogen-bond acceptors (Lipinski definition) is 7. The van der Waals surface area contributed by atoms with E-state index in [2.05, 4.69) is 80.7 Å². The number of benzene rings is 12. The van der Waals surface area contributed by atoms with Gasteiger partial charge in [0, 0.05) is 50.7 Å². The maximum atomic E-state index is 14.9. The molecule has 16 heteroatoms. The molecule has 436 valence electrons. The second-order valence-corrected chi connectivity index (χ2v) is 21.8. The summed E-state index contributed by atoms with van der Waals surface area (Å²) in [5.74, 6) is 0. The van der Waals surface area contributed by atoms with Crippen molar-refractivity contribution >= 4 is 73.3 Å². The number of anilines is 3. The Morgan fingerprint density at radius 1 is 0.326 bits per heavy atom. The normalized spacial score (nSPS) is 12.4. The van der Waals surface area contributed by atoms with Crippen molar-refractivity contribution < 1.29 is 63.9 Å². The van der Waals surface area contributed by atoms with Gasteiger partial charge in [-0.25, -0.2) is 0 Å². The highest BCUT2D eigenvalue weighted by atomic mass is 35.5. The van der Waals surface area contributed by atoms with Gasteiger partial charge < -0.3 is 32.8 Å². The fraction of sp³-hybridized carbons (Fsp3) is 0.0857. The zero-order valence-electron chi connectivity index (χ0n) is 46.8. The highest BCUT2D eigenvalue weighted by Crippen LogP contribution is 2.60. The Balaban J connectivity index is 0.000000944. The van der Waals surface area contributed by atoms with E-state index in [-0.39, 0.29) is 12.4 Å². The van der Waals surface area contributed by atoms with Gasteiger partial charge in [-0.1, -0.05) is 182 Å². The van der Waals surface area contributed by atoms with Gasteiger partial charge in [-0.05, 0) is 125 Å². The number of fused-ring (bicyclic) bond motifs is 14. The Hall–Kier alpha value is -8.98. The lowest BCUT2D eigenvalue weighted by atomic mass is 9.83. The number of hydrogen-bond donors (Lipinski definition) is 8. The van der Waals surface area contributed by atoms with E-state index in [1.165, 1.54) is 12.1 Å². The molecule has 0 unspecified atom stereocenters. The molecule has 8 nitrogen and oxygen atoms in total. The van der Waals surface area contributed by atoms with Gasteiger partial charge in [0.1, 0.15) is 0 Å². The SMILES string of the molecule is CO.CO.CO.CO.FC(F)(F)c1ccc(-c2cc3ccccc3c3c2NP2(=[NH+]c4c(-c5ccc(C(F)(F)F)cc5-c5ccccc5)cc5ccccc5c4-3)Nc3ccc4ccccc4c3-c3c(ccc4ccccc34)N2)c(-c2ccccc2)c1.[Cl-]. The maximum Gasteiger partial charge on any atom is 0.416 e. The first kappa shape index (κ1) is 61.6. The molecule has 0 bridgehead atoms. The van der Waals surface area contributed by atoms with E-state index >= 15 is 0 Å². The van der Waals surface area contributed by atoms with Crippen LogP contribution in [0.2, 0.25) is 0 Å². The molecule has 0 atom stereocenters. The summed E-state index contributed by atoms with van der Waals surface area (Å²) >= 11 is 0. The van der Waals surface area contributed by atoms with Crippen LogP contribution in [0.1, 0.15) is 11.1 Å². The van der Waals surface area contributed by atoms with Crippen LogP contribution in [0.3, 0.4) is 0 Å². The third-order valence-electron chi connectivity index (χ3n) is 15.0. The molecule has 0 amide bonds. The largest absolute Gasteiger partial charge is 1.00 e. The summed E-state index contributed by atoms with van der Waals surface area (Å²) in [6, 6.07) is 71.1. The molecule has 0 aromatic heterocycles. The number of halogens is 7. The smallest absolute Gasteiger partial charge is 0.416 e. The molecule has 12 aromatic carbocycles. The number of aliphatic hydroxyl groups is 4. The number of nitrogens with one attached hydrogen (secondary N) is 4. The van der Waals surface area contributed by atoms with Crippen LogP contribution in [-0.2, 0) is 12.4 Å². The lowest BCUT2D eigenvalue weighted by Crippen LogP contribution is -3.00. The first-order valence-electron chi connectivity index (χ1n) is 26.9. The third kappa shape index (κ3) is 11.3. The molecule has 8 N–H and O–H groups in total. The average molecular weight is 1200 g/mol. The van der Waals surface area contributed by atoms with Crippen molar-refractivity contribution in [2.45, 2.75) is 12.4 Å². The van der Waals surface area contributed by atoms with E-state index in [1.54, 1.807) is 12.1 Å². The van der Waals surface area contributed by atoms with Crippen LogP contribution in [0.25, 0.3) is 110 Å². The fourth-order valence-corrected chi connectivity index (χ4v) is 14.2. The second-order valence-electron chi connectivity index (χ2n) is 19.6. The summed E-state index contributed by atoms with van der Waals surface area (Å²) < 4.78 is 93.5. The van der Waals surface area contributed by atoms with E-state index in [0.29, 0.717) is 55.9 Å². The highest BCUT2D eigenvalue weighted by molar-refractivity contribution is 7.68. The first-order chi connectivity index (χ1) is 41.4. The molecule has 2 aliphatic rings. The summed E-state index contributed by atoms with van der Waals surface area (Å²) in [7, 11) is 0.486. The van der Waals surface area contributed by atoms with Crippen LogP contribution in [0.15, 0.2) is 231 Å². The first-order valence-corrected chi connectivity index (χ1v) is 28.7. The number of alkyl halides is 6. The minimum absolute atomic E-state index is 0. The molecule has 2 heterocycles. The number of rotatable bonds is 4. The Kier molecular flexibility index (Phi) is 18.4. The van der Waals surface area contributed by atoms with Crippen molar-refractivity contribution in [3.05, 3.63) is 242 Å². The van der Waals surface area contributed by atoms with Crippen molar-refractivity contribution in [1.82, 2.24) is 0 Å². The van der Waals surface area contributed by atoms with Gasteiger partial charge in [-0.15, -0.1) is 0 Å². The predicted molar refractivity (Wildman–Crippen MR) is 337 cm³/mol. The lowest BCUT2D eigenvalue weighted by molar-refractivity contribution is -0.327. The molecular formula is C70H58ClF6N4O4P. The van der Waals surface area contributed by atoms with Crippen molar-refractivity contribution in [3.63, 3.8) is 0 Å². The van der Waals surface area contributed by atoms with Gasteiger partial charge >= 0.3 is 19.9 Å². The quantitative estimate of drug-likeness (QED) is 0.0651. The van der Waals surface area contributed by atoms with E-state index < -0.39 is 31.0 Å². The van der Waals surface area contributed by atoms with Crippen molar-refractivity contribution in [1.29, 1.82) is 0 Å². The standard InChI is InChI=1S/C66H41F6N4P.4CH4O.ClH/c67-65(68,69)45-29-31-51(53(37-45)39-15-3-1-4-16-39)55-35-43-21-9-13-25-49(43)61-62-50-26-14-10-22-44(50)36-56(52-32-30-46(66(70,71)72)38-54(52)40-17-5-2-6-18-40)64(62)76-77(75-63(55)61)73-57-33-27-41-19-7-11-23-47(41)59(57)60-48-24-12-8-20-42(48)28-34-58(60)74-77;4*1-2;/h1-38H,(H3,73,74,75,76);4*2H,1H3;1H. The van der Waals surface area contributed by atoms with E-state index in [1.807, 2.05) is 133 Å². The van der Waals surface area contributed by atoms with Crippen LogP contribution < -0.4 is 32.4 Å². The van der Waals surface area contributed by atoms with Crippen molar-refractivity contribution in [2.24, 2.45) is 0 Å². The van der Waals surface area contributed by atoms with Gasteiger partial charge in [0.05, 0.1) is 39.3 Å². The molecule has 0 saturated heterocycles. The summed E-state index contributed by atoms with van der Waals surface area (Å²) in [4.78, 5) is 0. The van der Waals surface area contributed by atoms with Crippen molar-refractivity contribution in [3.8, 4) is 66.8 Å². The summed E-state index contributed by atoms with van der Waals surface area (Å²) in [6.07, 6.45) is -9.26. The minimum Gasteiger partial charge on any atom is -1.00 e. The van der Waals surface area contributed by atoms with Gasteiger partial charge in [0.15, 0.2) is 0 Å². The highest BCUT2D eigenvalue weighted by Gasteiger charge is 2.42. The lowest BCUT2D eigenvalue weighted by Gasteiger charge is -2.26. The summed E-state index contributed by atoms with van der Waals surface area (Å²) in [5.41, 5.74) is 9.11. The molecular weight excluding hydrogens is 1140 g/mol. The molecule has 12 aromatic rings. The van der Waals surface area contributed by atoms with E-state index in [0.717, 1.165) is 117 Å². The Morgan fingerprint density at radius 2 is 0.686 bits per heavy atom. The molecule has 14 rings (SSSR count). The Morgan fingerprint density at radius 3 is 1.12 bits per heavy atom. The van der Waals surface area contributed by atoms with Gasteiger partial charge in [-0.2, -0.15) is 31.1 Å². The van der Waals surface area contributed by atoms with E-state index in [9.17, 15) is 26.3 Å². The van der Waals surface area contributed by atoms with Gasteiger partial charge in [0.25, 0.3) is 0 Å². The molecule has 0 fully saturated rings. The van der Waals surface area contributed by atoms with Gasteiger partial charge in [0.2, 0.25) is 5.69 Å². The summed E-state index contributed by atoms with van der Waals surface area (Å²) in [5, 5.41) is 47.8. The number of aliphatic hydroxyl groups excluding tert-OH is 4. The zero-order valence-corrected chi connectivity index (χ0v) is 48.5. The average Bonchev–Trinajstić information content (AvgIpc) is 1.51. The third-order valence-corrected chi connectivity index (χ3v) is 17.3.